The number of fused-ring (bicyclic) bond motifs is 2. The second-order valence-corrected chi connectivity index (χ2v) is 9.57. The fourth-order valence-corrected chi connectivity index (χ4v) is 4.72. The number of carbonyl (C=O) groups excluding carboxylic acids is 1. The van der Waals surface area contributed by atoms with Crippen molar-refractivity contribution in [2.45, 2.75) is 25.1 Å². The van der Waals surface area contributed by atoms with Crippen molar-refractivity contribution in [3.63, 3.8) is 0 Å². The number of aromatic hydroxyl groups is 1. The highest BCUT2D eigenvalue weighted by molar-refractivity contribution is 7.88. The molecular weight excluding hydrogens is 431 g/mol. The molecule has 10 nitrogen and oxygen atoms in total. The number of ether oxygens (including phenoxy) is 1. The number of amides is 1. The van der Waals surface area contributed by atoms with E-state index in [1.165, 1.54) is 33.1 Å². The number of hydrogen-bond donors (Lipinski definition) is 2. The van der Waals surface area contributed by atoms with E-state index >= 15 is 0 Å². The molecule has 0 bridgehead atoms. The minimum atomic E-state index is -3.48. The monoisotopic (exact) mass is 452 g/mol. The van der Waals surface area contributed by atoms with Crippen LogP contribution < -0.4 is 10.9 Å². The van der Waals surface area contributed by atoms with Gasteiger partial charge in [-0.25, -0.2) is 17.8 Å². The lowest BCUT2D eigenvalue weighted by Crippen LogP contribution is -2.47. The third-order valence-electron chi connectivity index (χ3n) is 5.49. The molecule has 12 heteroatoms. The average Bonchev–Trinajstić information content (AvgIpc) is 3.15. The molecule has 1 atom stereocenters. The Hall–Kier alpha value is -2.83. The summed E-state index contributed by atoms with van der Waals surface area (Å²) in [7, 11) is -3.48. The van der Waals surface area contributed by atoms with Crippen LogP contribution in [0, 0.1) is 5.82 Å². The third-order valence-corrected chi connectivity index (χ3v) is 6.74. The molecule has 2 N–H and O–H groups in total. The van der Waals surface area contributed by atoms with Crippen LogP contribution in [0.5, 0.6) is 5.75 Å². The summed E-state index contributed by atoms with van der Waals surface area (Å²) in [6, 6.07) is 5.48. The number of hydrogen-bond acceptors (Lipinski definition) is 7. The number of halogens is 1. The van der Waals surface area contributed by atoms with Gasteiger partial charge in [-0.2, -0.15) is 4.31 Å². The minimum Gasteiger partial charge on any atom is -0.501 e. The molecule has 2 aliphatic rings. The summed E-state index contributed by atoms with van der Waals surface area (Å²) in [4.78, 5) is 29.6. The highest BCUT2D eigenvalue weighted by Crippen LogP contribution is 2.38. The molecule has 1 saturated heterocycles. The second-order valence-electron chi connectivity index (χ2n) is 7.59. The molecule has 0 radical (unpaired) electrons. The maximum atomic E-state index is 13.0. The van der Waals surface area contributed by atoms with Gasteiger partial charge >= 0.3 is 0 Å². The summed E-state index contributed by atoms with van der Waals surface area (Å²) < 4.78 is 45.3. The van der Waals surface area contributed by atoms with Gasteiger partial charge in [-0.05, 0) is 24.1 Å². The van der Waals surface area contributed by atoms with Gasteiger partial charge in [-0.3, -0.25) is 14.2 Å². The van der Waals surface area contributed by atoms with Gasteiger partial charge in [0, 0.05) is 13.1 Å². The van der Waals surface area contributed by atoms with Crippen LogP contribution in [0.25, 0.3) is 0 Å². The Morgan fingerprint density at radius 3 is 2.68 bits per heavy atom. The molecule has 2 aliphatic heterocycles. The Kier molecular flexibility index (Phi) is 5.31. The molecule has 1 spiro atoms. The van der Waals surface area contributed by atoms with E-state index < -0.39 is 44.4 Å². The topological polar surface area (TPSA) is 131 Å². The van der Waals surface area contributed by atoms with E-state index in [1.807, 2.05) is 0 Å². The van der Waals surface area contributed by atoms with Crippen LogP contribution in [0.4, 0.5) is 4.39 Å². The van der Waals surface area contributed by atoms with Gasteiger partial charge in [0.1, 0.15) is 17.2 Å². The van der Waals surface area contributed by atoms with Gasteiger partial charge in [0.2, 0.25) is 15.8 Å². The van der Waals surface area contributed by atoms with Crippen molar-refractivity contribution in [2.75, 3.05) is 26.0 Å². The maximum absolute atomic E-state index is 13.0. The SMILES string of the molecule is CS(=O)(=O)N1CCC2(C1)OCCn1c2nc(C(=O)NCc2ccc(F)cc2)c(O)c1=O. The second kappa shape index (κ2) is 7.70. The molecule has 31 heavy (non-hydrogen) atoms. The van der Waals surface area contributed by atoms with E-state index in [1.54, 1.807) is 0 Å². The number of carbonyl (C=O) groups is 1. The van der Waals surface area contributed by atoms with Crippen molar-refractivity contribution in [1.29, 1.82) is 0 Å². The van der Waals surface area contributed by atoms with Crippen LogP contribution in [0.1, 0.15) is 28.3 Å². The van der Waals surface area contributed by atoms with Crippen LogP contribution >= 0.6 is 0 Å². The van der Waals surface area contributed by atoms with Crippen LogP contribution in [0.2, 0.25) is 0 Å². The summed E-state index contributed by atoms with van der Waals surface area (Å²) in [5, 5.41) is 12.9. The van der Waals surface area contributed by atoms with Crippen molar-refractivity contribution >= 4 is 15.9 Å². The molecule has 0 saturated carbocycles. The van der Waals surface area contributed by atoms with Gasteiger partial charge in [-0.1, -0.05) is 12.1 Å². The number of nitrogens with one attached hydrogen (secondary N) is 1. The quantitative estimate of drug-likeness (QED) is 0.663. The number of rotatable bonds is 4. The van der Waals surface area contributed by atoms with Crippen LogP contribution in [-0.4, -0.2) is 59.2 Å². The van der Waals surface area contributed by atoms with Gasteiger partial charge in [-0.15, -0.1) is 0 Å². The Labute approximate surface area is 177 Å². The van der Waals surface area contributed by atoms with Crippen molar-refractivity contribution in [3.05, 3.63) is 57.5 Å². The maximum Gasteiger partial charge on any atom is 0.296 e. The molecule has 3 heterocycles. The van der Waals surface area contributed by atoms with E-state index in [0.717, 1.165) is 6.26 Å². The van der Waals surface area contributed by atoms with Gasteiger partial charge in [0.25, 0.3) is 11.5 Å². The third kappa shape index (κ3) is 3.93. The smallest absolute Gasteiger partial charge is 0.296 e. The zero-order chi connectivity index (χ0) is 22.4. The lowest BCUT2D eigenvalue weighted by molar-refractivity contribution is -0.0722. The number of benzene rings is 1. The summed E-state index contributed by atoms with van der Waals surface area (Å²) in [6.45, 7) is 0.429. The first-order chi connectivity index (χ1) is 14.6. The van der Waals surface area contributed by atoms with E-state index in [0.29, 0.717) is 5.56 Å². The van der Waals surface area contributed by atoms with Crippen molar-refractivity contribution in [2.24, 2.45) is 0 Å². The van der Waals surface area contributed by atoms with Crippen molar-refractivity contribution < 1.29 is 27.4 Å². The van der Waals surface area contributed by atoms with Gasteiger partial charge in [0.15, 0.2) is 5.69 Å². The number of nitrogens with zero attached hydrogens (tertiary/aromatic N) is 3. The fraction of sp³-hybridized carbons (Fsp3) is 0.421. The highest BCUT2D eigenvalue weighted by Gasteiger charge is 2.49. The molecule has 2 aromatic rings. The summed E-state index contributed by atoms with van der Waals surface area (Å²) in [5.74, 6) is -1.89. The molecule has 1 amide bonds. The van der Waals surface area contributed by atoms with E-state index in [4.69, 9.17) is 4.74 Å². The van der Waals surface area contributed by atoms with E-state index in [2.05, 4.69) is 10.3 Å². The van der Waals surface area contributed by atoms with Gasteiger partial charge in [0.05, 0.1) is 26.0 Å². The zero-order valence-corrected chi connectivity index (χ0v) is 17.5. The Bertz CT molecular complexity index is 1200. The lowest BCUT2D eigenvalue weighted by atomic mass is 10.00. The van der Waals surface area contributed by atoms with Crippen molar-refractivity contribution in [1.82, 2.24) is 19.2 Å². The lowest BCUT2D eigenvalue weighted by Gasteiger charge is -2.35. The Morgan fingerprint density at radius 2 is 2.03 bits per heavy atom. The molecule has 4 rings (SSSR count). The highest BCUT2D eigenvalue weighted by atomic mass is 32.2. The molecular formula is C19H21FN4O6S. The standard InChI is InChI=1S/C19H21FN4O6S/c1-31(28,29)23-7-6-19(11-23)18-22-14(15(25)17(27)24(18)8-9-30-19)16(26)21-10-12-2-4-13(20)5-3-12/h2-5,25H,6-11H2,1H3,(H,21,26). The predicted octanol–water partition coefficient (Wildman–Crippen LogP) is -0.0912. The summed E-state index contributed by atoms with van der Waals surface area (Å²) in [6.07, 6.45) is 1.34. The minimum absolute atomic E-state index is 0.0299. The van der Waals surface area contributed by atoms with Crippen LogP contribution in [-0.2, 0) is 33.5 Å². The summed E-state index contributed by atoms with van der Waals surface area (Å²) >= 11 is 0. The average molecular weight is 452 g/mol. The molecule has 1 fully saturated rings. The predicted molar refractivity (Wildman–Crippen MR) is 106 cm³/mol. The largest absolute Gasteiger partial charge is 0.501 e. The Balaban J connectivity index is 1.66. The number of sulfonamides is 1. The number of aromatic nitrogens is 2. The zero-order valence-electron chi connectivity index (χ0n) is 16.7. The molecule has 1 aromatic heterocycles. The molecule has 1 aromatic carbocycles. The first-order valence-electron chi connectivity index (χ1n) is 9.57. The fourth-order valence-electron chi connectivity index (χ4n) is 3.85. The van der Waals surface area contributed by atoms with Gasteiger partial charge < -0.3 is 15.2 Å². The normalized spacial score (nSPS) is 21.2. The molecule has 166 valence electrons. The van der Waals surface area contributed by atoms with Crippen LogP contribution in [0.3, 0.4) is 0 Å². The Morgan fingerprint density at radius 1 is 1.32 bits per heavy atom. The van der Waals surface area contributed by atoms with Crippen molar-refractivity contribution in [3.8, 4) is 5.75 Å². The molecule has 1 unspecified atom stereocenters. The summed E-state index contributed by atoms with van der Waals surface area (Å²) in [5.41, 5.74) is -1.83. The molecule has 0 aliphatic carbocycles. The van der Waals surface area contributed by atoms with E-state index in [-0.39, 0.29) is 45.0 Å². The van der Waals surface area contributed by atoms with Crippen LogP contribution in [0.15, 0.2) is 29.1 Å². The van der Waals surface area contributed by atoms with E-state index in [9.17, 15) is 27.5 Å². The first-order valence-corrected chi connectivity index (χ1v) is 11.4. The first kappa shape index (κ1) is 21.4.